The van der Waals surface area contributed by atoms with E-state index in [1.807, 2.05) is 0 Å². The molecule has 100 valence electrons. The van der Waals surface area contributed by atoms with Gasteiger partial charge in [-0.25, -0.2) is 0 Å². The third kappa shape index (κ3) is 2.80. The molecule has 0 radical (unpaired) electrons. The monoisotopic (exact) mass is 279 g/mol. The first-order valence-electron chi connectivity index (χ1n) is 5.67. The molecule has 1 heterocycles. The quantitative estimate of drug-likeness (QED) is 0.935. The molecule has 19 heavy (non-hydrogen) atoms. The molecule has 1 unspecified atom stereocenters. The van der Waals surface area contributed by atoms with Gasteiger partial charge < -0.3 is 14.6 Å². The van der Waals surface area contributed by atoms with Crippen molar-refractivity contribution < 1.29 is 14.6 Å². The number of methoxy groups -OCH3 is 2. The lowest BCUT2D eigenvalue weighted by Crippen LogP contribution is -2.06. The smallest absolute Gasteiger partial charge is 0.143 e. The first-order valence-corrected chi connectivity index (χ1v) is 6.05. The SMILES string of the molecule is COc1cc(Cl)ccc1C(O)c1ncccc1OC. The molecule has 1 N–H and O–H groups in total. The molecule has 2 aromatic rings. The highest BCUT2D eigenvalue weighted by Crippen LogP contribution is 2.34. The standard InChI is InChI=1S/C14H14ClNO3/c1-18-11-4-3-7-16-13(11)14(17)10-6-5-9(15)8-12(10)19-2/h3-8,14,17H,1-2H3. The Labute approximate surface area is 116 Å². The number of nitrogens with zero attached hydrogens (tertiary/aromatic N) is 1. The largest absolute Gasteiger partial charge is 0.496 e. The van der Waals surface area contributed by atoms with Gasteiger partial charge >= 0.3 is 0 Å². The molecule has 0 bridgehead atoms. The van der Waals surface area contributed by atoms with E-state index in [0.29, 0.717) is 27.8 Å². The van der Waals surface area contributed by atoms with Gasteiger partial charge in [0.2, 0.25) is 0 Å². The van der Waals surface area contributed by atoms with Crippen molar-refractivity contribution in [3.63, 3.8) is 0 Å². The topological polar surface area (TPSA) is 51.6 Å². The molecule has 2 rings (SSSR count). The predicted octanol–water partition coefficient (Wildman–Crippen LogP) is 2.83. The zero-order valence-electron chi connectivity index (χ0n) is 10.6. The summed E-state index contributed by atoms with van der Waals surface area (Å²) < 4.78 is 10.4. The van der Waals surface area contributed by atoms with Crippen LogP contribution in [-0.4, -0.2) is 24.3 Å². The van der Waals surface area contributed by atoms with Crippen molar-refractivity contribution in [3.05, 3.63) is 52.8 Å². The molecule has 0 aliphatic rings. The van der Waals surface area contributed by atoms with Crippen LogP contribution in [0.2, 0.25) is 5.02 Å². The van der Waals surface area contributed by atoms with Crippen LogP contribution in [-0.2, 0) is 0 Å². The van der Waals surface area contributed by atoms with Gasteiger partial charge in [-0.05, 0) is 24.3 Å². The molecule has 0 fully saturated rings. The molecule has 0 saturated carbocycles. The highest BCUT2D eigenvalue weighted by atomic mass is 35.5. The van der Waals surface area contributed by atoms with Crippen LogP contribution in [0.3, 0.4) is 0 Å². The lowest BCUT2D eigenvalue weighted by Gasteiger charge is -2.16. The summed E-state index contributed by atoms with van der Waals surface area (Å²) >= 11 is 5.90. The van der Waals surface area contributed by atoms with E-state index in [1.54, 1.807) is 36.5 Å². The number of ether oxygens (including phenoxy) is 2. The van der Waals surface area contributed by atoms with Crippen LogP contribution in [0.25, 0.3) is 0 Å². The third-order valence-electron chi connectivity index (χ3n) is 2.77. The normalized spacial score (nSPS) is 12.0. The highest BCUT2D eigenvalue weighted by Gasteiger charge is 2.20. The summed E-state index contributed by atoms with van der Waals surface area (Å²) in [7, 11) is 3.06. The maximum Gasteiger partial charge on any atom is 0.143 e. The summed E-state index contributed by atoms with van der Waals surface area (Å²) in [5.74, 6) is 1.03. The van der Waals surface area contributed by atoms with Gasteiger partial charge in [-0.3, -0.25) is 4.98 Å². The van der Waals surface area contributed by atoms with E-state index < -0.39 is 6.10 Å². The van der Waals surface area contributed by atoms with E-state index >= 15 is 0 Å². The minimum Gasteiger partial charge on any atom is -0.496 e. The van der Waals surface area contributed by atoms with E-state index in [1.165, 1.54) is 14.2 Å². The molecule has 4 nitrogen and oxygen atoms in total. The first kappa shape index (κ1) is 13.6. The summed E-state index contributed by atoms with van der Waals surface area (Å²) in [6.07, 6.45) is 0.659. The van der Waals surface area contributed by atoms with E-state index in [0.717, 1.165) is 0 Å². The van der Waals surface area contributed by atoms with Crippen LogP contribution < -0.4 is 9.47 Å². The number of hydrogen-bond acceptors (Lipinski definition) is 4. The van der Waals surface area contributed by atoms with Gasteiger partial charge in [0.05, 0.1) is 14.2 Å². The van der Waals surface area contributed by atoms with Gasteiger partial charge in [-0.2, -0.15) is 0 Å². The van der Waals surface area contributed by atoms with Crippen molar-refractivity contribution in [2.24, 2.45) is 0 Å². The Hall–Kier alpha value is -1.78. The molecule has 1 atom stereocenters. The Morgan fingerprint density at radius 2 is 1.89 bits per heavy atom. The van der Waals surface area contributed by atoms with E-state index in [2.05, 4.69) is 4.98 Å². The van der Waals surface area contributed by atoms with Gasteiger partial charge in [-0.1, -0.05) is 17.7 Å². The van der Waals surface area contributed by atoms with Crippen LogP contribution in [0, 0.1) is 0 Å². The zero-order chi connectivity index (χ0) is 13.8. The lowest BCUT2D eigenvalue weighted by atomic mass is 10.0. The second-order valence-corrected chi connectivity index (χ2v) is 4.32. The predicted molar refractivity (Wildman–Crippen MR) is 72.9 cm³/mol. The molecule has 0 amide bonds. The number of aliphatic hydroxyl groups excluding tert-OH is 1. The van der Waals surface area contributed by atoms with Crippen LogP contribution >= 0.6 is 11.6 Å². The number of aromatic nitrogens is 1. The minimum atomic E-state index is -0.941. The maximum atomic E-state index is 10.4. The first-order chi connectivity index (χ1) is 9.17. The molecule has 1 aromatic carbocycles. The maximum absolute atomic E-state index is 10.4. The summed E-state index contributed by atoms with van der Waals surface area (Å²) in [5.41, 5.74) is 1.02. The molecule has 0 spiro atoms. The summed E-state index contributed by atoms with van der Waals surface area (Å²) in [5, 5.41) is 11.0. The number of halogens is 1. The Bertz CT molecular complexity index is 574. The van der Waals surface area contributed by atoms with Crippen LogP contribution in [0.4, 0.5) is 0 Å². The average Bonchev–Trinajstić information content (AvgIpc) is 2.46. The average molecular weight is 280 g/mol. The Morgan fingerprint density at radius 1 is 1.16 bits per heavy atom. The van der Waals surface area contributed by atoms with E-state index in [9.17, 15) is 5.11 Å². The summed E-state index contributed by atoms with van der Waals surface area (Å²) in [6.45, 7) is 0. The van der Waals surface area contributed by atoms with Crippen molar-refractivity contribution in [2.45, 2.75) is 6.10 Å². The van der Waals surface area contributed by atoms with Crippen molar-refractivity contribution in [2.75, 3.05) is 14.2 Å². The third-order valence-corrected chi connectivity index (χ3v) is 3.00. The molecule has 0 saturated heterocycles. The van der Waals surface area contributed by atoms with Gasteiger partial charge in [-0.15, -0.1) is 0 Å². The molecular formula is C14H14ClNO3. The van der Waals surface area contributed by atoms with Gasteiger partial charge in [0.25, 0.3) is 0 Å². The van der Waals surface area contributed by atoms with Crippen molar-refractivity contribution in [1.82, 2.24) is 4.98 Å². The molecule has 0 aliphatic heterocycles. The zero-order valence-corrected chi connectivity index (χ0v) is 11.4. The van der Waals surface area contributed by atoms with Gasteiger partial charge in [0.15, 0.2) is 0 Å². The van der Waals surface area contributed by atoms with Crippen LogP contribution in [0.5, 0.6) is 11.5 Å². The Morgan fingerprint density at radius 3 is 2.58 bits per heavy atom. The van der Waals surface area contributed by atoms with Crippen molar-refractivity contribution in [3.8, 4) is 11.5 Å². The van der Waals surface area contributed by atoms with E-state index in [-0.39, 0.29) is 0 Å². The lowest BCUT2D eigenvalue weighted by molar-refractivity contribution is 0.204. The Kier molecular flexibility index (Phi) is 4.24. The molecule has 1 aromatic heterocycles. The highest BCUT2D eigenvalue weighted by molar-refractivity contribution is 6.30. The molecule has 0 aliphatic carbocycles. The minimum absolute atomic E-state index is 0.436. The van der Waals surface area contributed by atoms with Crippen molar-refractivity contribution >= 4 is 11.6 Å². The van der Waals surface area contributed by atoms with E-state index in [4.69, 9.17) is 21.1 Å². The number of hydrogen-bond donors (Lipinski definition) is 1. The van der Waals surface area contributed by atoms with Crippen LogP contribution in [0.1, 0.15) is 17.4 Å². The van der Waals surface area contributed by atoms with Gasteiger partial charge in [0, 0.05) is 16.8 Å². The second-order valence-electron chi connectivity index (χ2n) is 3.88. The fraction of sp³-hybridized carbons (Fsp3) is 0.214. The van der Waals surface area contributed by atoms with Gasteiger partial charge in [0.1, 0.15) is 23.3 Å². The number of aliphatic hydroxyl groups is 1. The Balaban J connectivity index is 2.46. The molecule has 5 heteroatoms. The molecular weight excluding hydrogens is 266 g/mol. The fourth-order valence-corrected chi connectivity index (χ4v) is 2.00. The fourth-order valence-electron chi connectivity index (χ4n) is 1.84. The number of benzene rings is 1. The van der Waals surface area contributed by atoms with Crippen molar-refractivity contribution in [1.29, 1.82) is 0 Å². The van der Waals surface area contributed by atoms with Crippen LogP contribution in [0.15, 0.2) is 36.5 Å². The summed E-state index contributed by atoms with van der Waals surface area (Å²) in [6, 6.07) is 8.54. The number of rotatable bonds is 4. The number of pyridine rings is 1. The second kappa shape index (κ2) is 5.91. The summed E-state index contributed by atoms with van der Waals surface area (Å²) in [4.78, 5) is 4.16.